The van der Waals surface area contributed by atoms with E-state index in [0.717, 1.165) is 0 Å². The maximum atomic E-state index is 2.54. The van der Waals surface area contributed by atoms with Gasteiger partial charge in [-0.15, -0.1) is 0 Å². The average Bonchev–Trinajstić information content (AvgIpc) is 2.38. The van der Waals surface area contributed by atoms with Crippen LogP contribution in [0.25, 0.3) is 0 Å². The first-order valence-corrected chi connectivity index (χ1v) is 10.3. The van der Waals surface area contributed by atoms with Crippen molar-refractivity contribution in [2.45, 2.75) is 38.4 Å². The van der Waals surface area contributed by atoms with E-state index in [-0.39, 0.29) is 0 Å². The molecule has 0 nitrogen and oxygen atoms in total. The van der Waals surface area contributed by atoms with Gasteiger partial charge in [-0.05, 0) is 31.2 Å². The minimum absolute atomic E-state index is 0.696. The number of benzene rings is 1. The van der Waals surface area contributed by atoms with Crippen LogP contribution >= 0.6 is 0 Å². The molecule has 0 aromatic heterocycles. The number of allylic oxidation sites excluding steroid dienone is 3. The van der Waals surface area contributed by atoms with Gasteiger partial charge in [0.05, 0.1) is 8.07 Å². The Labute approximate surface area is 112 Å². The molecule has 1 aromatic rings. The minimum Gasteiger partial charge on any atom is -0.0977 e. The first-order chi connectivity index (χ1) is 8.66. The molecular formula is C17H24Si. The quantitative estimate of drug-likeness (QED) is 0.529. The molecule has 0 saturated heterocycles. The van der Waals surface area contributed by atoms with E-state index in [4.69, 9.17) is 0 Å². The van der Waals surface area contributed by atoms with Crippen molar-refractivity contribution in [3.05, 3.63) is 59.8 Å². The van der Waals surface area contributed by atoms with Gasteiger partial charge in [0.15, 0.2) is 0 Å². The Hall–Kier alpha value is -1.08. The van der Waals surface area contributed by atoms with Gasteiger partial charge >= 0.3 is 0 Å². The molecule has 0 fully saturated rings. The van der Waals surface area contributed by atoms with Crippen molar-refractivity contribution in [3.63, 3.8) is 0 Å². The molecule has 18 heavy (non-hydrogen) atoms. The Morgan fingerprint density at radius 3 is 2.67 bits per heavy atom. The van der Waals surface area contributed by atoms with Crippen molar-refractivity contribution >= 4 is 8.07 Å². The molecule has 1 aliphatic carbocycles. The lowest BCUT2D eigenvalue weighted by atomic mass is 9.96. The zero-order valence-electron chi connectivity index (χ0n) is 11.6. The highest BCUT2D eigenvalue weighted by Crippen LogP contribution is 2.20. The van der Waals surface area contributed by atoms with Crippen LogP contribution in [0.15, 0.2) is 54.3 Å². The van der Waals surface area contributed by atoms with Crippen molar-refractivity contribution in [1.82, 2.24) is 0 Å². The van der Waals surface area contributed by atoms with E-state index in [1.165, 1.54) is 30.9 Å². The van der Waals surface area contributed by atoms with Crippen LogP contribution in [0.3, 0.4) is 0 Å². The molecule has 0 heterocycles. The van der Waals surface area contributed by atoms with Gasteiger partial charge in [-0.25, -0.2) is 0 Å². The summed E-state index contributed by atoms with van der Waals surface area (Å²) in [5.74, 6) is 0.696. The highest BCUT2D eigenvalue weighted by Gasteiger charge is 2.18. The monoisotopic (exact) mass is 256 g/mol. The number of rotatable bonds is 4. The summed E-state index contributed by atoms with van der Waals surface area (Å²) in [6.07, 6.45) is 11.1. The second-order valence-corrected chi connectivity index (χ2v) is 10.7. The van der Waals surface area contributed by atoms with E-state index in [2.05, 4.69) is 67.4 Å². The summed E-state index contributed by atoms with van der Waals surface area (Å²) in [5, 5.41) is 0. The van der Waals surface area contributed by atoms with E-state index >= 15 is 0 Å². The maximum Gasteiger partial charge on any atom is 0.0756 e. The van der Waals surface area contributed by atoms with Crippen LogP contribution in [-0.2, 0) is 6.04 Å². The molecule has 2 rings (SSSR count). The summed E-state index contributed by atoms with van der Waals surface area (Å²) in [4.78, 5) is 0. The Morgan fingerprint density at radius 1 is 1.22 bits per heavy atom. The van der Waals surface area contributed by atoms with Gasteiger partial charge in [0, 0.05) is 0 Å². The van der Waals surface area contributed by atoms with E-state index in [1.807, 2.05) is 0 Å². The fourth-order valence-electron chi connectivity index (χ4n) is 2.56. The molecule has 0 aliphatic heterocycles. The van der Waals surface area contributed by atoms with Gasteiger partial charge in [0.2, 0.25) is 0 Å². The molecule has 96 valence electrons. The summed E-state index contributed by atoms with van der Waals surface area (Å²) in [6.45, 7) is 4.92. The van der Waals surface area contributed by atoms with Crippen molar-refractivity contribution < 1.29 is 0 Å². The molecule has 1 aromatic carbocycles. The first-order valence-electron chi connectivity index (χ1n) is 7.06. The summed E-state index contributed by atoms with van der Waals surface area (Å²) >= 11 is 0. The van der Waals surface area contributed by atoms with Crippen molar-refractivity contribution in [1.29, 1.82) is 0 Å². The molecule has 0 radical (unpaired) electrons. The predicted molar refractivity (Wildman–Crippen MR) is 83.2 cm³/mol. The summed E-state index contributed by atoms with van der Waals surface area (Å²) in [6, 6.07) is 12.1. The molecule has 1 atom stereocenters. The molecule has 0 N–H and O–H groups in total. The van der Waals surface area contributed by atoms with E-state index < -0.39 is 8.07 Å². The van der Waals surface area contributed by atoms with Gasteiger partial charge in [-0.1, -0.05) is 72.9 Å². The van der Waals surface area contributed by atoms with Crippen LogP contribution < -0.4 is 0 Å². The molecule has 1 heteroatoms. The fraction of sp³-hybridized carbons (Fsp3) is 0.412. The van der Waals surface area contributed by atoms with Crippen LogP contribution in [0, 0.1) is 5.92 Å². The van der Waals surface area contributed by atoms with E-state index in [1.54, 1.807) is 0 Å². The molecular weight excluding hydrogens is 232 g/mol. The van der Waals surface area contributed by atoms with Gasteiger partial charge in [-0.2, -0.15) is 0 Å². The largest absolute Gasteiger partial charge is 0.0977 e. The maximum absolute atomic E-state index is 2.54. The predicted octanol–water partition coefficient (Wildman–Crippen LogP) is 4.93. The van der Waals surface area contributed by atoms with Gasteiger partial charge < -0.3 is 0 Å². The normalized spacial score (nSPS) is 20.4. The first kappa shape index (κ1) is 13.4. The average molecular weight is 256 g/mol. The standard InChI is InChI=1S/C17H24Si/c1-18(2,15-17-11-7-4-8-12-17)14-13-16-9-5-3-6-10-16/h4-5,7-9,11-14,16H,3,6,10,15H2,1-2H3/b14-13+. The highest BCUT2D eigenvalue weighted by molar-refractivity contribution is 6.81. The zero-order valence-corrected chi connectivity index (χ0v) is 12.6. The second kappa shape index (κ2) is 6.19. The highest BCUT2D eigenvalue weighted by atomic mass is 28.3. The lowest BCUT2D eigenvalue weighted by Gasteiger charge is -2.19. The van der Waals surface area contributed by atoms with Crippen molar-refractivity contribution in [3.8, 4) is 0 Å². The third-order valence-electron chi connectivity index (χ3n) is 3.59. The van der Waals surface area contributed by atoms with Gasteiger partial charge in [0.25, 0.3) is 0 Å². The zero-order chi connectivity index (χ0) is 12.8. The second-order valence-electron chi connectivity index (χ2n) is 6.03. The lowest BCUT2D eigenvalue weighted by Crippen LogP contribution is -2.27. The van der Waals surface area contributed by atoms with E-state index in [0.29, 0.717) is 5.92 Å². The SMILES string of the molecule is C[Si](C)(/C=C/C1C=CCCC1)Cc1ccccc1. The molecule has 0 saturated carbocycles. The van der Waals surface area contributed by atoms with Crippen molar-refractivity contribution in [2.75, 3.05) is 0 Å². The van der Waals surface area contributed by atoms with Crippen LogP contribution in [0.4, 0.5) is 0 Å². The van der Waals surface area contributed by atoms with Gasteiger partial charge in [-0.3, -0.25) is 0 Å². The summed E-state index contributed by atoms with van der Waals surface area (Å²) < 4.78 is 0. The third-order valence-corrected chi connectivity index (χ3v) is 6.00. The summed E-state index contributed by atoms with van der Waals surface area (Å²) in [5.41, 5.74) is 4.03. The Morgan fingerprint density at radius 2 is 2.00 bits per heavy atom. The smallest absolute Gasteiger partial charge is 0.0756 e. The number of hydrogen-bond acceptors (Lipinski definition) is 0. The fourth-order valence-corrected chi connectivity index (χ4v) is 4.74. The molecule has 0 spiro atoms. The Bertz CT molecular complexity index is 414. The van der Waals surface area contributed by atoms with Crippen LogP contribution in [0.5, 0.6) is 0 Å². The van der Waals surface area contributed by atoms with Gasteiger partial charge in [0.1, 0.15) is 0 Å². The molecule has 1 aliphatic rings. The Kier molecular flexibility index (Phi) is 4.59. The number of hydrogen-bond donors (Lipinski definition) is 0. The molecule has 0 amide bonds. The lowest BCUT2D eigenvalue weighted by molar-refractivity contribution is 0.631. The summed E-state index contributed by atoms with van der Waals surface area (Å²) in [7, 11) is -1.24. The molecule has 1 unspecified atom stereocenters. The van der Waals surface area contributed by atoms with Crippen LogP contribution in [-0.4, -0.2) is 8.07 Å². The third kappa shape index (κ3) is 4.30. The van der Waals surface area contributed by atoms with E-state index in [9.17, 15) is 0 Å². The van der Waals surface area contributed by atoms with Crippen LogP contribution in [0.2, 0.25) is 13.1 Å². The molecule has 0 bridgehead atoms. The topological polar surface area (TPSA) is 0 Å². The minimum atomic E-state index is -1.24. The van der Waals surface area contributed by atoms with Crippen LogP contribution in [0.1, 0.15) is 24.8 Å². The van der Waals surface area contributed by atoms with Crippen molar-refractivity contribution in [2.24, 2.45) is 5.92 Å². The Balaban J connectivity index is 1.96.